The van der Waals surface area contributed by atoms with E-state index in [0.717, 1.165) is 17.5 Å². The van der Waals surface area contributed by atoms with E-state index in [1.54, 1.807) is 12.1 Å². The monoisotopic (exact) mass is 324 g/mol. The molecular weight excluding hydrogens is 304 g/mol. The maximum atomic E-state index is 12.6. The Morgan fingerprint density at radius 1 is 1.12 bits per heavy atom. The molecule has 5 nitrogen and oxygen atoms in total. The van der Waals surface area contributed by atoms with Crippen molar-refractivity contribution in [1.82, 2.24) is 10.2 Å². The van der Waals surface area contributed by atoms with E-state index in [9.17, 15) is 14.7 Å². The fourth-order valence-corrected chi connectivity index (χ4v) is 3.01. The normalized spacial score (nSPS) is 16.6. The largest absolute Gasteiger partial charge is 0.376 e. The Kier molecular flexibility index (Phi) is 4.91. The van der Waals surface area contributed by atoms with Crippen molar-refractivity contribution in [2.45, 2.75) is 12.3 Å². The average Bonchev–Trinajstić information content (AvgIpc) is 2.63. The first kappa shape index (κ1) is 16.2. The molecule has 2 aromatic rings. The van der Waals surface area contributed by atoms with Crippen LogP contribution in [0.2, 0.25) is 0 Å². The summed E-state index contributed by atoms with van der Waals surface area (Å²) in [4.78, 5) is 26.1. The number of rotatable bonds is 5. The van der Waals surface area contributed by atoms with Gasteiger partial charge in [0, 0.05) is 18.7 Å². The minimum Gasteiger partial charge on any atom is -0.376 e. The molecule has 3 rings (SSSR count). The number of hydrogen-bond donors (Lipinski definition) is 2. The van der Waals surface area contributed by atoms with Crippen molar-refractivity contribution in [2.24, 2.45) is 0 Å². The second kappa shape index (κ2) is 7.27. The van der Waals surface area contributed by atoms with Gasteiger partial charge in [-0.2, -0.15) is 0 Å². The molecule has 1 atom stereocenters. The van der Waals surface area contributed by atoms with E-state index < -0.39 is 5.92 Å². The van der Waals surface area contributed by atoms with Crippen LogP contribution in [0.5, 0.6) is 0 Å². The van der Waals surface area contributed by atoms with Crippen LogP contribution >= 0.6 is 0 Å². The van der Waals surface area contributed by atoms with Gasteiger partial charge in [0.15, 0.2) is 0 Å². The summed E-state index contributed by atoms with van der Waals surface area (Å²) in [5, 5.41) is 12.3. The molecule has 0 spiro atoms. The molecule has 2 aromatic carbocycles. The van der Waals surface area contributed by atoms with Gasteiger partial charge in [-0.15, -0.1) is 0 Å². The lowest BCUT2D eigenvalue weighted by molar-refractivity contribution is -0.123. The molecular formula is C19H20N2O3. The highest BCUT2D eigenvalue weighted by Crippen LogP contribution is 2.28. The molecule has 2 amide bonds. The van der Waals surface area contributed by atoms with Gasteiger partial charge in [0.1, 0.15) is 6.73 Å². The Labute approximate surface area is 140 Å². The highest BCUT2D eigenvalue weighted by Gasteiger charge is 2.34. The van der Waals surface area contributed by atoms with E-state index in [4.69, 9.17) is 0 Å². The van der Waals surface area contributed by atoms with Gasteiger partial charge < -0.3 is 15.3 Å². The predicted octanol–water partition coefficient (Wildman–Crippen LogP) is 1.53. The fraction of sp³-hybridized carbons (Fsp3) is 0.263. The molecule has 1 aliphatic heterocycles. The van der Waals surface area contributed by atoms with Crippen LogP contribution in [0.3, 0.4) is 0 Å². The summed E-state index contributed by atoms with van der Waals surface area (Å²) in [5.74, 6) is -0.812. The minimum absolute atomic E-state index is 0.121. The highest BCUT2D eigenvalue weighted by atomic mass is 16.3. The summed E-state index contributed by atoms with van der Waals surface area (Å²) >= 11 is 0. The number of nitrogens with zero attached hydrogens (tertiary/aromatic N) is 1. The van der Waals surface area contributed by atoms with Gasteiger partial charge in [0.05, 0.1) is 5.92 Å². The van der Waals surface area contributed by atoms with Gasteiger partial charge in [-0.1, -0.05) is 48.5 Å². The van der Waals surface area contributed by atoms with Crippen molar-refractivity contribution in [3.8, 4) is 0 Å². The topological polar surface area (TPSA) is 69.6 Å². The Morgan fingerprint density at radius 3 is 2.58 bits per heavy atom. The van der Waals surface area contributed by atoms with Gasteiger partial charge in [-0.25, -0.2) is 0 Å². The van der Waals surface area contributed by atoms with Crippen molar-refractivity contribution >= 4 is 11.8 Å². The number of benzene rings is 2. The van der Waals surface area contributed by atoms with E-state index >= 15 is 0 Å². The van der Waals surface area contributed by atoms with Crippen LogP contribution in [0.15, 0.2) is 54.6 Å². The number of aliphatic hydroxyl groups is 1. The van der Waals surface area contributed by atoms with E-state index in [-0.39, 0.29) is 25.1 Å². The molecule has 2 N–H and O–H groups in total. The zero-order valence-electron chi connectivity index (χ0n) is 13.3. The summed E-state index contributed by atoms with van der Waals surface area (Å²) in [6.45, 7) is 0.346. The van der Waals surface area contributed by atoms with Crippen LogP contribution in [0.1, 0.15) is 27.4 Å². The van der Waals surface area contributed by atoms with Crippen LogP contribution in [0.4, 0.5) is 0 Å². The standard InChI is InChI=1S/C19H20N2O3/c22-13-21-12-17(15-8-4-5-9-16(15)19(21)24)18(23)20-11-10-14-6-2-1-3-7-14/h1-9,17,22H,10-13H2,(H,20,23). The van der Waals surface area contributed by atoms with Crippen LogP contribution in [0, 0.1) is 0 Å². The highest BCUT2D eigenvalue weighted by molar-refractivity contribution is 6.00. The molecule has 0 saturated carbocycles. The Hall–Kier alpha value is -2.66. The second-order valence-corrected chi connectivity index (χ2v) is 5.84. The van der Waals surface area contributed by atoms with Gasteiger partial charge in [0.2, 0.25) is 5.91 Å². The van der Waals surface area contributed by atoms with Gasteiger partial charge in [-0.05, 0) is 23.6 Å². The molecule has 24 heavy (non-hydrogen) atoms. The number of carbonyl (C=O) groups excluding carboxylic acids is 2. The summed E-state index contributed by atoms with van der Waals surface area (Å²) in [6.07, 6.45) is 0.754. The third kappa shape index (κ3) is 3.31. The molecule has 0 aromatic heterocycles. The van der Waals surface area contributed by atoms with E-state index in [0.29, 0.717) is 12.1 Å². The third-order valence-electron chi connectivity index (χ3n) is 4.30. The molecule has 1 heterocycles. The third-order valence-corrected chi connectivity index (χ3v) is 4.30. The zero-order chi connectivity index (χ0) is 16.9. The predicted molar refractivity (Wildman–Crippen MR) is 90.5 cm³/mol. The fourth-order valence-electron chi connectivity index (χ4n) is 3.01. The first-order chi connectivity index (χ1) is 11.7. The first-order valence-corrected chi connectivity index (χ1v) is 8.01. The molecule has 1 aliphatic rings. The molecule has 124 valence electrons. The van der Waals surface area contributed by atoms with Crippen LogP contribution in [-0.4, -0.2) is 41.6 Å². The summed E-state index contributed by atoms with van der Waals surface area (Å²) in [7, 11) is 0. The SMILES string of the molecule is O=C(NCCc1ccccc1)C1CN(CO)C(=O)c2ccccc21. The van der Waals surface area contributed by atoms with Gasteiger partial charge in [-0.3, -0.25) is 9.59 Å². The van der Waals surface area contributed by atoms with Crippen LogP contribution < -0.4 is 5.32 Å². The van der Waals surface area contributed by atoms with E-state index in [1.165, 1.54) is 4.90 Å². The van der Waals surface area contributed by atoms with Crippen LogP contribution in [0.25, 0.3) is 0 Å². The average molecular weight is 324 g/mol. The quantitative estimate of drug-likeness (QED) is 0.876. The smallest absolute Gasteiger partial charge is 0.256 e. The summed E-state index contributed by atoms with van der Waals surface area (Å²) < 4.78 is 0. The maximum absolute atomic E-state index is 12.6. The molecule has 0 aliphatic carbocycles. The Morgan fingerprint density at radius 2 is 1.83 bits per heavy atom. The number of amides is 2. The van der Waals surface area contributed by atoms with Crippen molar-refractivity contribution in [3.05, 3.63) is 71.3 Å². The summed E-state index contributed by atoms with van der Waals surface area (Å²) in [6, 6.07) is 17.0. The Bertz CT molecular complexity index is 730. The van der Waals surface area contributed by atoms with E-state index in [2.05, 4.69) is 5.32 Å². The lowest BCUT2D eigenvalue weighted by atomic mass is 9.88. The second-order valence-electron chi connectivity index (χ2n) is 5.84. The summed E-state index contributed by atoms with van der Waals surface area (Å²) in [5.41, 5.74) is 2.37. The molecule has 5 heteroatoms. The first-order valence-electron chi connectivity index (χ1n) is 8.01. The van der Waals surface area contributed by atoms with Crippen LogP contribution in [-0.2, 0) is 11.2 Å². The van der Waals surface area contributed by atoms with Crippen molar-refractivity contribution in [1.29, 1.82) is 0 Å². The zero-order valence-corrected chi connectivity index (χ0v) is 13.3. The molecule has 1 unspecified atom stereocenters. The number of nitrogens with one attached hydrogen (secondary N) is 1. The van der Waals surface area contributed by atoms with Crippen molar-refractivity contribution < 1.29 is 14.7 Å². The van der Waals surface area contributed by atoms with Gasteiger partial charge >= 0.3 is 0 Å². The Balaban J connectivity index is 1.70. The van der Waals surface area contributed by atoms with Gasteiger partial charge in [0.25, 0.3) is 5.91 Å². The van der Waals surface area contributed by atoms with Crippen molar-refractivity contribution in [3.63, 3.8) is 0 Å². The van der Waals surface area contributed by atoms with Crippen molar-refractivity contribution in [2.75, 3.05) is 19.8 Å². The number of carbonyl (C=O) groups is 2. The molecule has 0 bridgehead atoms. The number of fused-ring (bicyclic) bond motifs is 1. The van der Waals surface area contributed by atoms with E-state index in [1.807, 2.05) is 42.5 Å². The lowest BCUT2D eigenvalue weighted by Gasteiger charge is -2.32. The molecule has 0 saturated heterocycles. The molecule has 0 fully saturated rings. The number of aliphatic hydroxyl groups excluding tert-OH is 1. The lowest BCUT2D eigenvalue weighted by Crippen LogP contribution is -2.45. The maximum Gasteiger partial charge on any atom is 0.256 e. The minimum atomic E-state index is -0.457. The molecule has 0 radical (unpaired) electrons. The number of hydrogen-bond acceptors (Lipinski definition) is 3.